The number of alkyl halides is 3. The van der Waals surface area contributed by atoms with Crippen LogP contribution in [0.15, 0.2) is 48.5 Å². The van der Waals surface area contributed by atoms with Gasteiger partial charge in [-0.1, -0.05) is 6.07 Å². The van der Waals surface area contributed by atoms with Crippen molar-refractivity contribution in [3.05, 3.63) is 65.5 Å². The Hall–Kier alpha value is -2.57. The molecule has 1 aliphatic rings. The summed E-state index contributed by atoms with van der Waals surface area (Å²) < 4.78 is 51.3. The fraction of sp³-hybridized carbons (Fsp3) is 0.381. The topological polar surface area (TPSA) is 41.1 Å². The van der Waals surface area contributed by atoms with Gasteiger partial charge in [0.2, 0.25) is 0 Å². The average Bonchev–Trinajstić information content (AvgIpc) is 2.68. The predicted octanol–water partition coefficient (Wildman–Crippen LogP) is 5.25. The smallest absolute Gasteiger partial charge is 0.385 e. The van der Waals surface area contributed by atoms with Crippen molar-refractivity contribution >= 4 is 11.6 Å². The zero-order valence-corrected chi connectivity index (χ0v) is 15.2. The first-order chi connectivity index (χ1) is 13.3. The molecule has 1 saturated carbocycles. The van der Waals surface area contributed by atoms with Crippen molar-refractivity contribution in [3.8, 4) is 0 Å². The Morgan fingerprint density at radius 1 is 1.00 bits per heavy atom. The molecule has 2 aromatic carbocycles. The Balaban J connectivity index is 1.46. The minimum Gasteiger partial charge on any atom is -0.385 e. The summed E-state index contributed by atoms with van der Waals surface area (Å²) >= 11 is 0. The monoisotopic (exact) mass is 394 g/mol. The SMILES string of the molecule is O=C(N[C@H]1CC[C@H](CNc2ccc(F)cc2)CC1)c1cccc(C(F)(F)F)c1. The van der Waals surface area contributed by atoms with Crippen LogP contribution >= 0.6 is 0 Å². The molecule has 28 heavy (non-hydrogen) atoms. The standard InChI is InChI=1S/C21H22F4N2O/c22-17-6-10-18(11-7-17)26-13-14-4-8-19(9-5-14)27-20(28)15-2-1-3-16(12-15)21(23,24)25/h1-3,6-7,10-12,14,19,26H,4-5,8-9,13H2,(H,27,28)/t14-,19-. The number of hydrogen-bond acceptors (Lipinski definition) is 2. The third-order valence-corrected chi connectivity index (χ3v) is 5.07. The molecule has 0 bridgehead atoms. The van der Waals surface area contributed by atoms with Crippen molar-refractivity contribution in [3.63, 3.8) is 0 Å². The van der Waals surface area contributed by atoms with Gasteiger partial charge in [-0.05, 0) is 74.1 Å². The van der Waals surface area contributed by atoms with Crippen molar-refractivity contribution in [1.29, 1.82) is 0 Å². The van der Waals surface area contributed by atoms with Gasteiger partial charge in [0.15, 0.2) is 0 Å². The molecule has 1 aliphatic carbocycles. The lowest BCUT2D eigenvalue weighted by molar-refractivity contribution is -0.137. The molecule has 3 rings (SSSR count). The van der Waals surface area contributed by atoms with Crippen LogP contribution in [0.3, 0.4) is 0 Å². The summed E-state index contributed by atoms with van der Waals surface area (Å²) in [6.07, 6.45) is -1.10. The number of nitrogens with one attached hydrogen (secondary N) is 2. The maximum atomic E-state index is 12.9. The Labute approximate surface area is 161 Å². The van der Waals surface area contributed by atoms with E-state index in [0.29, 0.717) is 5.92 Å². The summed E-state index contributed by atoms with van der Waals surface area (Å²) in [5.41, 5.74) is 0.0621. The molecule has 2 aromatic rings. The molecule has 3 nitrogen and oxygen atoms in total. The largest absolute Gasteiger partial charge is 0.416 e. The van der Waals surface area contributed by atoms with E-state index in [2.05, 4.69) is 10.6 Å². The highest BCUT2D eigenvalue weighted by molar-refractivity contribution is 5.94. The number of carbonyl (C=O) groups excluding carboxylic acids is 1. The lowest BCUT2D eigenvalue weighted by atomic mass is 9.86. The molecule has 0 spiro atoms. The van der Waals surface area contributed by atoms with Crippen LogP contribution < -0.4 is 10.6 Å². The number of carbonyl (C=O) groups is 1. The highest BCUT2D eigenvalue weighted by Gasteiger charge is 2.31. The number of benzene rings is 2. The third-order valence-electron chi connectivity index (χ3n) is 5.07. The van der Waals surface area contributed by atoms with Crippen LogP contribution in [0.2, 0.25) is 0 Å². The van der Waals surface area contributed by atoms with E-state index in [1.807, 2.05) is 0 Å². The first-order valence-corrected chi connectivity index (χ1v) is 9.29. The van der Waals surface area contributed by atoms with E-state index in [9.17, 15) is 22.4 Å². The second-order valence-corrected chi connectivity index (χ2v) is 7.16. The summed E-state index contributed by atoms with van der Waals surface area (Å²) in [4.78, 5) is 12.3. The van der Waals surface area contributed by atoms with Gasteiger partial charge < -0.3 is 10.6 Å². The zero-order valence-electron chi connectivity index (χ0n) is 15.2. The van der Waals surface area contributed by atoms with E-state index < -0.39 is 17.6 Å². The van der Waals surface area contributed by atoms with Gasteiger partial charge >= 0.3 is 6.18 Å². The lowest BCUT2D eigenvalue weighted by Gasteiger charge is -2.29. The van der Waals surface area contributed by atoms with E-state index >= 15 is 0 Å². The molecule has 150 valence electrons. The molecule has 2 N–H and O–H groups in total. The zero-order chi connectivity index (χ0) is 20.1. The van der Waals surface area contributed by atoms with Gasteiger partial charge in [-0.15, -0.1) is 0 Å². The van der Waals surface area contributed by atoms with Crippen molar-refractivity contribution in [1.82, 2.24) is 5.32 Å². The Morgan fingerprint density at radius 3 is 2.32 bits per heavy atom. The molecular formula is C21H22F4N2O. The minimum atomic E-state index is -4.47. The maximum absolute atomic E-state index is 12.9. The second-order valence-electron chi connectivity index (χ2n) is 7.16. The first kappa shape index (κ1) is 20.2. The van der Waals surface area contributed by atoms with Gasteiger partial charge in [-0.25, -0.2) is 4.39 Å². The van der Waals surface area contributed by atoms with Crippen LogP contribution in [0.1, 0.15) is 41.6 Å². The van der Waals surface area contributed by atoms with Crippen LogP contribution in [0.25, 0.3) is 0 Å². The minimum absolute atomic E-state index is 0.0231. The summed E-state index contributed by atoms with van der Waals surface area (Å²) in [6, 6.07) is 10.6. The van der Waals surface area contributed by atoms with Gasteiger partial charge in [0.25, 0.3) is 5.91 Å². The van der Waals surface area contributed by atoms with Crippen LogP contribution in [0, 0.1) is 11.7 Å². The Bertz CT molecular complexity index is 797. The molecule has 0 atom stereocenters. The van der Waals surface area contributed by atoms with E-state index in [-0.39, 0.29) is 17.4 Å². The van der Waals surface area contributed by atoms with Crippen LogP contribution in [-0.4, -0.2) is 18.5 Å². The third kappa shape index (κ3) is 5.47. The van der Waals surface area contributed by atoms with Gasteiger partial charge in [0, 0.05) is 23.8 Å². The van der Waals surface area contributed by atoms with Crippen molar-refractivity contribution in [2.24, 2.45) is 5.92 Å². The van der Waals surface area contributed by atoms with Gasteiger partial charge in [0.1, 0.15) is 5.82 Å². The van der Waals surface area contributed by atoms with Gasteiger partial charge in [-0.2, -0.15) is 13.2 Å². The van der Waals surface area contributed by atoms with E-state index in [1.54, 1.807) is 12.1 Å². The highest BCUT2D eigenvalue weighted by Crippen LogP contribution is 2.30. The molecule has 0 saturated heterocycles. The molecule has 1 fully saturated rings. The molecule has 0 aromatic heterocycles. The lowest BCUT2D eigenvalue weighted by Crippen LogP contribution is -2.38. The Morgan fingerprint density at radius 2 is 1.68 bits per heavy atom. The van der Waals surface area contributed by atoms with E-state index in [1.165, 1.54) is 24.3 Å². The normalized spacial score (nSPS) is 19.9. The fourth-order valence-electron chi connectivity index (χ4n) is 3.45. The second kappa shape index (κ2) is 8.63. The molecular weight excluding hydrogens is 372 g/mol. The maximum Gasteiger partial charge on any atom is 0.416 e. The average molecular weight is 394 g/mol. The highest BCUT2D eigenvalue weighted by atomic mass is 19.4. The summed E-state index contributed by atoms with van der Waals surface area (Å²) in [5.74, 6) is -0.312. The molecule has 0 aliphatic heterocycles. The van der Waals surface area contributed by atoms with Crippen molar-refractivity contribution < 1.29 is 22.4 Å². The quantitative estimate of drug-likeness (QED) is 0.681. The van der Waals surface area contributed by atoms with Crippen molar-refractivity contribution in [2.45, 2.75) is 37.9 Å². The van der Waals surface area contributed by atoms with E-state index in [4.69, 9.17) is 0 Å². The number of halogens is 4. The summed E-state index contributed by atoms with van der Waals surface area (Å²) in [6.45, 7) is 0.764. The van der Waals surface area contributed by atoms with Crippen LogP contribution in [0.5, 0.6) is 0 Å². The number of rotatable bonds is 5. The molecule has 1 amide bonds. The number of hydrogen-bond donors (Lipinski definition) is 2. The molecule has 0 heterocycles. The predicted molar refractivity (Wildman–Crippen MR) is 99.5 cm³/mol. The summed E-state index contributed by atoms with van der Waals surface area (Å²) in [7, 11) is 0. The number of amides is 1. The van der Waals surface area contributed by atoms with Gasteiger partial charge in [-0.3, -0.25) is 4.79 Å². The summed E-state index contributed by atoms with van der Waals surface area (Å²) in [5, 5.41) is 6.13. The molecule has 0 radical (unpaired) electrons. The molecule has 7 heteroatoms. The van der Waals surface area contributed by atoms with Crippen LogP contribution in [0.4, 0.5) is 23.2 Å². The van der Waals surface area contributed by atoms with Gasteiger partial charge in [0.05, 0.1) is 5.56 Å². The first-order valence-electron chi connectivity index (χ1n) is 9.29. The fourth-order valence-corrected chi connectivity index (χ4v) is 3.45. The van der Waals surface area contributed by atoms with E-state index in [0.717, 1.165) is 50.0 Å². The Kier molecular flexibility index (Phi) is 6.21. The number of anilines is 1. The molecule has 0 unspecified atom stereocenters. The van der Waals surface area contributed by atoms with Crippen molar-refractivity contribution in [2.75, 3.05) is 11.9 Å². The van der Waals surface area contributed by atoms with Crippen LogP contribution in [-0.2, 0) is 6.18 Å².